The molecule has 8 nitrogen and oxygen atoms in total. The van der Waals surface area contributed by atoms with E-state index in [9.17, 15) is 24.3 Å². The van der Waals surface area contributed by atoms with Crippen molar-refractivity contribution >= 4 is 11.8 Å². The molecule has 1 saturated heterocycles. The minimum atomic E-state index is -1.11. The highest BCUT2D eigenvalue weighted by molar-refractivity contribution is 6.04. The molecule has 1 fully saturated rings. The predicted octanol–water partition coefficient (Wildman–Crippen LogP) is -1.52. The number of carbonyl (C=O) groups is 2. The predicted molar refractivity (Wildman–Crippen MR) is 59.2 cm³/mol. The third-order valence-electron chi connectivity index (χ3n) is 3.01. The van der Waals surface area contributed by atoms with Gasteiger partial charge in [-0.3, -0.25) is 28.8 Å². The highest BCUT2D eigenvalue weighted by atomic mass is 16.3. The number of likely N-dealkylation sites (tertiary alicyclic amines) is 1. The number of aromatic nitrogens is 2. The molecule has 18 heavy (non-hydrogen) atoms. The van der Waals surface area contributed by atoms with Crippen LogP contribution in [0, 0.1) is 6.92 Å². The second-order valence-electron chi connectivity index (χ2n) is 4.09. The van der Waals surface area contributed by atoms with Crippen molar-refractivity contribution in [3.05, 3.63) is 26.4 Å². The van der Waals surface area contributed by atoms with Crippen LogP contribution in [0.3, 0.4) is 0 Å². The average Bonchev–Trinajstić information content (AvgIpc) is 2.55. The van der Waals surface area contributed by atoms with Gasteiger partial charge in [0.05, 0.1) is 12.0 Å². The summed E-state index contributed by atoms with van der Waals surface area (Å²) >= 11 is 0. The fraction of sp³-hybridized carbons (Fsp3) is 0.400. The Labute approximate surface area is 100 Å². The van der Waals surface area contributed by atoms with Gasteiger partial charge >= 0.3 is 5.69 Å². The Morgan fingerprint density at radius 3 is 2.39 bits per heavy atom. The summed E-state index contributed by atoms with van der Waals surface area (Å²) in [6.07, 6.45) is -0.214. The molecule has 2 N–H and O–H groups in total. The van der Waals surface area contributed by atoms with Gasteiger partial charge in [0, 0.05) is 7.05 Å². The van der Waals surface area contributed by atoms with Crippen LogP contribution in [0.15, 0.2) is 9.59 Å². The summed E-state index contributed by atoms with van der Waals surface area (Å²) in [5.74, 6) is -1.63. The second-order valence-corrected chi connectivity index (χ2v) is 4.09. The van der Waals surface area contributed by atoms with Gasteiger partial charge in [-0.05, 0) is 6.92 Å². The van der Waals surface area contributed by atoms with E-state index in [1.807, 2.05) is 4.98 Å². The Hall–Kier alpha value is -2.38. The van der Waals surface area contributed by atoms with Gasteiger partial charge in [0.25, 0.3) is 11.5 Å². The highest BCUT2D eigenvalue weighted by Gasteiger charge is 2.39. The van der Waals surface area contributed by atoms with E-state index in [0.717, 1.165) is 9.47 Å². The molecule has 2 rings (SSSR count). The number of hydrogen-bond acceptors (Lipinski definition) is 5. The van der Waals surface area contributed by atoms with Crippen molar-refractivity contribution in [2.45, 2.75) is 19.4 Å². The van der Waals surface area contributed by atoms with Gasteiger partial charge in [0.15, 0.2) is 0 Å². The number of nitrogens with zero attached hydrogens (tertiary/aromatic N) is 2. The number of H-pyrrole nitrogens is 1. The fourth-order valence-corrected chi connectivity index (χ4v) is 1.86. The molecular weight excluding hydrogens is 242 g/mol. The van der Waals surface area contributed by atoms with Crippen molar-refractivity contribution in [2.75, 3.05) is 7.05 Å². The Balaban J connectivity index is 2.64. The number of amides is 2. The van der Waals surface area contributed by atoms with Gasteiger partial charge in [-0.15, -0.1) is 0 Å². The Morgan fingerprint density at radius 2 is 1.89 bits per heavy atom. The lowest BCUT2D eigenvalue weighted by Crippen LogP contribution is -2.36. The van der Waals surface area contributed by atoms with E-state index in [2.05, 4.69) is 0 Å². The molecule has 0 aromatic carbocycles. The zero-order valence-electron chi connectivity index (χ0n) is 9.76. The number of carbonyl (C=O) groups excluding carboxylic acids is 2. The Bertz CT molecular complexity index is 656. The lowest BCUT2D eigenvalue weighted by atomic mass is 10.2. The number of aromatic hydroxyl groups is 1. The maximum absolute atomic E-state index is 11.8. The van der Waals surface area contributed by atoms with Crippen LogP contribution >= 0.6 is 0 Å². The molecule has 0 spiro atoms. The molecule has 0 saturated carbocycles. The topological polar surface area (TPSA) is 112 Å². The summed E-state index contributed by atoms with van der Waals surface area (Å²) in [6, 6.07) is -1.11. The monoisotopic (exact) mass is 253 g/mol. The quantitative estimate of drug-likeness (QED) is 0.590. The summed E-state index contributed by atoms with van der Waals surface area (Å²) in [5.41, 5.74) is -1.71. The molecule has 2 amide bonds. The molecule has 0 radical (unpaired) electrons. The van der Waals surface area contributed by atoms with Gasteiger partial charge in [0.1, 0.15) is 6.04 Å². The van der Waals surface area contributed by atoms with Gasteiger partial charge in [-0.25, -0.2) is 4.79 Å². The number of rotatable bonds is 1. The van der Waals surface area contributed by atoms with Crippen molar-refractivity contribution < 1.29 is 14.7 Å². The second kappa shape index (κ2) is 3.83. The number of aromatic amines is 1. The minimum absolute atomic E-state index is 0.0793. The number of likely N-dealkylation sites (N-methyl/N-ethyl adjacent to an activating group) is 1. The molecule has 8 heteroatoms. The van der Waals surface area contributed by atoms with Crippen molar-refractivity contribution in [3.8, 4) is 5.88 Å². The van der Waals surface area contributed by atoms with Crippen molar-refractivity contribution in [2.24, 2.45) is 0 Å². The van der Waals surface area contributed by atoms with Gasteiger partial charge in [-0.1, -0.05) is 0 Å². The molecule has 1 aliphatic rings. The first-order valence-electron chi connectivity index (χ1n) is 5.19. The molecule has 1 unspecified atom stereocenters. The molecule has 1 aliphatic heterocycles. The SMILES string of the molecule is Cc1c(O)n(C2CC(=O)N(C)C2=O)c(=O)[nH]c1=O. The van der Waals surface area contributed by atoms with E-state index in [4.69, 9.17) is 0 Å². The summed E-state index contributed by atoms with van der Waals surface area (Å²) in [7, 11) is 1.30. The van der Waals surface area contributed by atoms with E-state index in [1.54, 1.807) is 0 Å². The maximum Gasteiger partial charge on any atom is 0.331 e. The summed E-state index contributed by atoms with van der Waals surface area (Å²) in [6.45, 7) is 1.31. The molecule has 1 atom stereocenters. The Morgan fingerprint density at radius 1 is 1.28 bits per heavy atom. The zero-order valence-corrected chi connectivity index (χ0v) is 9.76. The average molecular weight is 253 g/mol. The van der Waals surface area contributed by atoms with Crippen molar-refractivity contribution in [1.82, 2.24) is 14.5 Å². The lowest BCUT2D eigenvalue weighted by Gasteiger charge is -2.14. The van der Waals surface area contributed by atoms with Crippen LogP contribution in [0.4, 0.5) is 0 Å². The summed E-state index contributed by atoms with van der Waals surface area (Å²) in [5, 5.41) is 9.77. The van der Waals surface area contributed by atoms with Crippen LogP contribution < -0.4 is 11.2 Å². The molecule has 1 aromatic rings. The normalized spacial score (nSPS) is 19.7. The number of nitrogens with one attached hydrogen (secondary N) is 1. The zero-order chi connectivity index (χ0) is 13.6. The first-order chi connectivity index (χ1) is 8.34. The smallest absolute Gasteiger partial charge is 0.331 e. The van der Waals surface area contributed by atoms with Crippen LogP contribution in [-0.4, -0.2) is 38.4 Å². The van der Waals surface area contributed by atoms with Crippen LogP contribution in [-0.2, 0) is 9.59 Å². The maximum atomic E-state index is 11.8. The van der Waals surface area contributed by atoms with Crippen LogP contribution in [0.2, 0.25) is 0 Å². The molecular formula is C10H11N3O5. The first kappa shape index (κ1) is 12.1. The van der Waals surface area contributed by atoms with Crippen LogP contribution in [0.25, 0.3) is 0 Å². The van der Waals surface area contributed by atoms with Gasteiger partial charge in [0.2, 0.25) is 11.8 Å². The molecule has 96 valence electrons. The van der Waals surface area contributed by atoms with Crippen LogP contribution in [0.1, 0.15) is 18.0 Å². The van der Waals surface area contributed by atoms with E-state index in [-0.39, 0.29) is 12.0 Å². The first-order valence-corrected chi connectivity index (χ1v) is 5.19. The highest BCUT2D eigenvalue weighted by Crippen LogP contribution is 2.25. The van der Waals surface area contributed by atoms with E-state index in [0.29, 0.717) is 0 Å². The summed E-state index contributed by atoms with van der Waals surface area (Å²) in [4.78, 5) is 48.9. The summed E-state index contributed by atoms with van der Waals surface area (Å²) < 4.78 is 0.737. The lowest BCUT2D eigenvalue weighted by molar-refractivity contribution is -0.137. The van der Waals surface area contributed by atoms with Crippen molar-refractivity contribution in [3.63, 3.8) is 0 Å². The molecule has 0 aliphatic carbocycles. The van der Waals surface area contributed by atoms with E-state index >= 15 is 0 Å². The minimum Gasteiger partial charge on any atom is -0.494 e. The third kappa shape index (κ3) is 1.53. The van der Waals surface area contributed by atoms with Gasteiger partial charge < -0.3 is 5.11 Å². The number of imide groups is 1. The van der Waals surface area contributed by atoms with Gasteiger partial charge in [-0.2, -0.15) is 0 Å². The molecule has 2 heterocycles. The van der Waals surface area contributed by atoms with Crippen LogP contribution in [0.5, 0.6) is 5.88 Å². The Kier molecular flexibility index (Phi) is 2.57. The van der Waals surface area contributed by atoms with Crippen molar-refractivity contribution in [1.29, 1.82) is 0 Å². The largest absolute Gasteiger partial charge is 0.494 e. The molecule has 1 aromatic heterocycles. The van der Waals surface area contributed by atoms with E-state index < -0.39 is 35.0 Å². The third-order valence-corrected chi connectivity index (χ3v) is 3.01. The molecule has 0 bridgehead atoms. The number of hydrogen-bond donors (Lipinski definition) is 2. The standard InChI is InChI=1S/C10H11N3O5/c1-4-7(15)11-10(18)13(8(4)16)5-3-6(14)12(2)9(5)17/h5,16H,3H2,1-2H3,(H,11,15,18). The fourth-order valence-electron chi connectivity index (χ4n) is 1.86. The van der Waals surface area contributed by atoms with E-state index in [1.165, 1.54) is 14.0 Å².